The highest BCUT2D eigenvalue weighted by molar-refractivity contribution is 5.16. The molecule has 0 saturated heterocycles. The number of halogens is 1. The van der Waals surface area contributed by atoms with Gasteiger partial charge in [0.25, 0.3) is 0 Å². The van der Waals surface area contributed by atoms with Crippen LogP contribution in [0.3, 0.4) is 0 Å². The van der Waals surface area contributed by atoms with E-state index in [2.05, 4.69) is 5.16 Å². The number of rotatable bonds is 5. The van der Waals surface area contributed by atoms with Crippen molar-refractivity contribution in [2.75, 3.05) is 0 Å². The van der Waals surface area contributed by atoms with Gasteiger partial charge in [0.2, 0.25) is 0 Å². The second kappa shape index (κ2) is 5.56. The summed E-state index contributed by atoms with van der Waals surface area (Å²) in [4.78, 5) is 0. The Morgan fingerprint density at radius 2 is 2.12 bits per heavy atom. The SMILES string of the molecule is NCc1cc(COCc2ccccc2F)on1. The summed E-state index contributed by atoms with van der Waals surface area (Å²) in [6, 6.07) is 8.22. The van der Waals surface area contributed by atoms with E-state index < -0.39 is 0 Å². The molecule has 2 rings (SSSR count). The highest BCUT2D eigenvalue weighted by Crippen LogP contribution is 2.10. The van der Waals surface area contributed by atoms with Gasteiger partial charge in [-0.3, -0.25) is 0 Å². The third kappa shape index (κ3) is 3.12. The second-order valence-electron chi connectivity index (χ2n) is 3.57. The van der Waals surface area contributed by atoms with Gasteiger partial charge in [-0.2, -0.15) is 0 Å². The molecule has 1 heterocycles. The largest absolute Gasteiger partial charge is 0.369 e. The van der Waals surface area contributed by atoms with Crippen molar-refractivity contribution in [3.8, 4) is 0 Å². The molecule has 1 aromatic heterocycles. The summed E-state index contributed by atoms with van der Waals surface area (Å²) in [5.41, 5.74) is 6.58. The van der Waals surface area contributed by atoms with Crippen LogP contribution in [0, 0.1) is 5.82 Å². The monoisotopic (exact) mass is 236 g/mol. The molecule has 0 aliphatic heterocycles. The first-order chi connectivity index (χ1) is 8.29. The number of benzene rings is 1. The van der Waals surface area contributed by atoms with E-state index in [-0.39, 0.29) is 19.0 Å². The molecule has 0 atom stereocenters. The molecule has 0 radical (unpaired) electrons. The highest BCUT2D eigenvalue weighted by atomic mass is 19.1. The molecule has 0 saturated carbocycles. The molecule has 0 aliphatic rings. The molecule has 0 amide bonds. The summed E-state index contributed by atoms with van der Waals surface area (Å²) in [5.74, 6) is 0.314. The van der Waals surface area contributed by atoms with E-state index in [1.54, 1.807) is 24.3 Å². The molecule has 2 aromatic rings. The number of nitrogens with zero attached hydrogens (tertiary/aromatic N) is 1. The van der Waals surface area contributed by atoms with Crippen molar-refractivity contribution in [1.82, 2.24) is 5.16 Å². The lowest BCUT2D eigenvalue weighted by Crippen LogP contribution is -1.96. The molecule has 0 aliphatic carbocycles. The van der Waals surface area contributed by atoms with Crippen LogP contribution in [0.25, 0.3) is 0 Å². The molecule has 0 spiro atoms. The third-order valence-corrected chi connectivity index (χ3v) is 2.28. The average molecular weight is 236 g/mol. The van der Waals surface area contributed by atoms with Crippen molar-refractivity contribution in [3.63, 3.8) is 0 Å². The predicted octanol–water partition coefficient (Wildman–Crippen LogP) is 1.99. The van der Waals surface area contributed by atoms with Gasteiger partial charge in [0.15, 0.2) is 5.76 Å². The molecule has 1 aromatic carbocycles. The summed E-state index contributed by atoms with van der Waals surface area (Å²) in [6.07, 6.45) is 0. The summed E-state index contributed by atoms with van der Waals surface area (Å²) in [7, 11) is 0. The van der Waals surface area contributed by atoms with Gasteiger partial charge in [0, 0.05) is 18.2 Å². The number of aromatic nitrogens is 1. The molecule has 2 N–H and O–H groups in total. The van der Waals surface area contributed by atoms with Crippen LogP contribution >= 0.6 is 0 Å². The molecular weight excluding hydrogens is 223 g/mol. The van der Waals surface area contributed by atoms with Crippen LogP contribution in [-0.4, -0.2) is 5.16 Å². The second-order valence-corrected chi connectivity index (χ2v) is 3.57. The number of nitrogens with two attached hydrogens (primary N) is 1. The van der Waals surface area contributed by atoms with E-state index in [0.29, 0.717) is 23.6 Å². The number of ether oxygens (including phenoxy) is 1. The Labute approximate surface area is 98.2 Å². The Hall–Kier alpha value is -1.72. The maximum atomic E-state index is 13.2. The lowest BCUT2D eigenvalue weighted by Gasteiger charge is -2.02. The number of hydrogen-bond donors (Lipinski definition) is 1. The zero-order valence-electron chi connectivity index (χ0n) is 9.23. The Bertz CT molecular complexity index is 485. The van der Waals surface area contributed by atoms with Crippen LogP contribution in [0.5, 0.6) is 0 Å². The summed E-state index contributed by atoms with van der Waals surface area (Å²) in [5, 5.41) is 3.72. The van der Waals surface area contributed by atoms with E-state index in [4.69, 9.17) is 15.0 Å². The van der Waals surface area contributed by atoms with E-state index in [1.165, 1.54) is 6.07 Å². The zero-order valence-corrected chi connectivity index (χ0v) is 9.23. The molecule has 17 heavy (non-hydrogen) atoms. The Balaban J connectivity index is 1.85. The standard InChI is InChI=1S/C12H13FN2O2/c13-12-4-2-1-3-9(12)7-16-8-11-5-10(6-14)15-17-11/h1-5H,6-8,14H2. The van der Waals surface area contributed by atoms with Gasteiger partial charge in [-0.1, -0.05) is 23.4 Å². The van der Waals surface area contributed by atoms with Gasteiger partial charge in [0.05, 0.1) is 12.3 Å². The Kier molecular flexibility index (Phi) is 3.85. The van der Waals surface area contributed by atoms with Crippen LogP contribution in [-0.2, 0) is 24.5 Å². The van der Waals surface area contributed by atoms with E-state index >= 15 is 0 Å². The fourth-order valence-corrected chi connectivity index (χ4v) is 1.40. The fourth-order valence-electron chi connectivity index (χ4n) is 1.40. The molecular formula is C12H13FN2O2. The Morgan fingerprint density at radius 1 is 1.29 bits per heavy atom. The van der Waals surface area contributed by atoms with E-state index in [1.807, 2.05) is 0 Å². The molecule has 5 heteroatoms. The third-order valence-electron chi connectivity index (χ3n) is 2.28. The summed E-state index contributed by atoms with van der Waals surface area (Å²) < 4.78 is 23.5. The van der Waals surface area contributed by atoms with Gasteiger partial charge in [-0.05, 0) is 6.07 Å². The van der Waals surface area contributed by atoms with E-state index in [0.717, 1.165) is 0 Å². The first kappa shape index (κ1) is 11.8. The topological polar surface area (TPSA) is 61.3 Å². The molecule has 0 bridgehead atoms. The van der Waals surface area contributed by atoms with Crippen molar-refractivity contribution in [2.45, 2.75) is 19.8 Å². The van der Waals surface area contributed by atoms with Gasteiger partial charge in [0.1, 0.15) is 12.4 Å². The normalized spacial score (nSPS) is 10.7. The van der Waals surface area contributed by atoms with Crippen molar-refractivity contribution in [2.24, 2.45) is 5.73 Å². The van der Waals surface area contributed by atoms with Crippen molar-refractivity contribution in [1.29, 1.82) is 0 Å². The van der Waals surface area contributed by atoms with Crippen LogP contribution in [0.2, 0.25) is 0 Å². The van der Waals surface area contributed by atoms with Crippen LogP contribution < -0.4 is 5.73 Å². The smallest absolute Gasteiger partial charge is 0.162 e. The Morgan fingerprint density at radius 3 is 2.82 bits per heavy atom. The highest BCUT2D eigenvalue weighted by Gasteiger charge is 2.04. The summed E-state index contributed by atoms with van der Waals surface area (Å²) in [6.45, 7) is 0.781. The van der Waals surface area contributed by atoms with Gasteiger partial charge in [-0.25, -0.2) is 4.39 Å². The zero-order chi connectivity index (χ0) is 12.1. The van der Waals surface area contributed by atoms with Gasteiger partial charge in [-0.15, -0.1) is 0 Å². The quantitative estimate of drug-likeness (QED) is 0.862. The van der Waals surface area contributed by atoms with Crippen molar-refractivity contribution in [3.05, 3.63) is 53.2 Å². The van der Waals surface area contributed by atoms with Crippen molar-refractivity contribution >= 4 is 0 Å². The maximum absolute atomic E-state index is 13.2. The molecule has 4 nitrogen and oxygen atoms in total. The molecule has 0 fully saturated rings. The van der Waals surface area contributed by atoms with Gasteiger partial charge >= 0.3 is 0 Å². The molecule has 90 valence electrons. The van der Waals surface area contributed by atoms with Crippen LogP contribution in [0.15, 0.2) is 34.9 Å². The number of hydrogen-bond acceptors (Lipinski definition) is 4. The lowest BCUT2D eigenvalue weighted by molar-refractivity contribution is 0.0864. The van der Waals surface area contributed by atoms with Crippen molar-refractivity contribution < 1.29 is 13.7 Å². The minimum absolute atomic E-state index is 0.200. The van der Waals surface area contributed by atoms with E-state index in [9.17, 15) is 4.39 Å². The predicted molar refractivity (Wildman–Crippen MR) is 59.3 cm³/mol. The first-order valence-electron chi connectivity index (χ1n) is 5.25. The average Bonchev–Trinajstić information content (AvgIpc) is 2.80. The summed E-state index contributed by atoms with van der Waals surface area (Å²) >= 11 is 0. The maximum Gasteiger partial charge on any atom is 0.162 e. The lowest BCUT2D eigenvalue weighted by atomic mass is 10.2. The van der Waals surface area contributed by atoms with Crippen LogP contribution in [0.1, 0.15) is 17.0 Å². The first-order valence-corrected chi connectivity index (χ1v) is 5.25. The minimum Gasteiger partial charge on any atom is -0.369 e. The van der Waals surface area contributed by atoms with Crippen LogP contribution in [0.4, 0.5) is 4.39 Å². The molecule has 0 unspecified atom stereocenters. The minimum atomic E-state index is -0.271. The fraction of sp³-hybridized carbons (Fsp3) is 0.250. The van der Waals surface area contributed by atoms with Gasteiger partial charge < -0.3 is 15.0 Å².